The van der Waals surface area contributed by atoms with Crippen molar-refractivity contribution in [1.82, 2.24) is 0 Å². The summed E-state index contributed by atoms with van der Waals surface area (Å²) in [4.78, 5) is 12.1. The average molecular weight is 251 g/mol. The summed E-state index contributed by atoms with van der Waals surface area (Å²) in [5.74, 6) is 0.756. The molecule has 1 unspecified atom stereocenters. The SMILES string of the molecule is O=C(CC1CCCCC1)C(Cl)c1ccccc1. The van der Waals surface area contributed by atoms with Crippen LogP contribution in [0.25, 0.3) is 0 Å². The minimum absolute atomic E-state index is 0.185. The summed E-state index contributed by atoms with van der Waals surface area (Å²) < 4.78 is 0. The molecule has 0 amide bonds. The molecule has 1 atom stereocenters. The monoisotopic (exact) mass is 250 g/mol. The molecule has 0 saturated heterocycles. The number of ketones is 1. The average Bonchev–Trinajstić information content (AvgIpc) is 2.40. The summed E-state index contributed by atoms with van der Waals surface area (Å²) in [6, 6.07) is 9.66. The zero-order valence-electron chi connectivity index (χ0n) is 10.1. The fourth-order valence-electron chi connectivity index (χ4n) is 2.59. The minimum atomic E-state index is -0.460. The molecule has 0 aliphatic heterocycles. The maximum atomic E-state index is 12.1. The highest BCUT2D eigenvalue weighted by Crippen LogP contribution is 2.30. The molecule has 2 heteroatoms. The van der Waals surface area contributed by atoms with Crippen LogP contribution >= 0.6 is 11.6 Å². The van der Waals surface area contributed by atoms with E-state index in [9.17, 15) is 4.79 Å². The Bertz CT molecular complexity index is 354. The molecule has 1 aliphatic rings. The van der Waals surface area contributed by atoms with E-state index in [1.807, 2.05) is 30.3 Å². The van der Waals surface area contributed by atoms with Crippen molar-refractivity contribution >= 4 is 17.4 Å². The number of alkyl halides is 1. The van der Waals surface area contributed by atoms with Gasteiger partial charge in [-0.05, 0) is 11.5 Å². The smallest absolute Gasteiger partial charge is 0.155 e. The van der Waals surface area contributed by atoms with Gasteiger partial charge in [0.05, 0.1) is 0 Å². The molecule has 0 N–H and O–H groups in total. The molecular weight excluding hydrogens is 232 g/mol. The van der Waals surface area contributed by atoms with Gasteiger partial charge in [-0.15, -0.1) is 11.6 Å². The largest absolute Gasteiger partial charge is 0.298 e. The van der Waals surface area contributed by atoms with Gasteiger partial charge in [0.25, 0.3) is 0 Å². The zero-order valence-corrected chi connectivity index (χ0v) is 10.8. The fraction of sp³-hybridized carbons (Fsp3) is 0.533. The number of hydrogen-bond donors (Lipinski definition) is 0. The Hall–Kier alpha value is -0.820. The van der Waals surface area contributed by atoms with Gasteiger partial charge >= 0.3 is 0 Å². The van der Waals surface area contributed by atoms with Gasteiger partial charge in [0.2, 0.25) is 0 Å². The lowest BCUT2D eigenvalue weighted by atomic mass is 9.85. The molecule has 0 heterocycles. The topological polar surface area (TPSA) is 17.1 Å². The Morgan fingerprint density at radius 2 is 1.82 bits per heavy atom. The molecular formula is C15H19ClO. The van der Waals surface area contributed by atoms with E-state index in [0.29, 0.717) is 12.3 Å². The van der Waals surface area contributed by atoms with Crippen LogP contribution in [0.3, 0.4) is 0 Å². The van der Waals surface area contributed by atoms with Crippen molar-refractivity contribution in [1.29, 1.82) is 0 Å². The van der Waals surface area contributed by atoms with Gasteiger partial charge in [0.1, 0.15) is 5.38 Å². The number of halogens is 1. The first-order valence-corrected chi connectivity index (χ1v) is 6.93. The lowest BCUT2D eigenvalue weighted by molar-refractivity contribution is -0.119. The number of Topliss-reactive ketones (excluding diaryl/α,β-unsaturated/α-hetero) is 1. The molecule has 1 nitrogen and oxygen atoms in total. The molecule has 1 fully saturated rings. The molecule has 0 aromatic heterocycles. The predicted molar refractivity (Wildman–Crippen MR) is 71.2 cm³/mol. The van der Waals surface area contributed by atoms with Crippen LogP contribution in [0.5, 0.6) is 0 Å². The molecule has 1 aliphatic carbocycles. The van der Waals surface area contributed by atoms with Crippen molar-refractivity contribution in [2.45, 2.75) is 43.9 Å². The Kier molecular flexibility index (Phi) is 4.61. The van der Waals surface area contributed by atoms with E-state index in [0.717, 1.165) is 5.56 Å². The van der Waals surface area contributed by atoms with Crippen LogP contribution in [0.4, 0.5) is 0 Å². The summed E-state index contributed by atoms with van der Waals surface area (Å²) in [6.45, 7) is 0. The predicted octanol–water partition coefficient (Wildman–Crippen LogP) is 4.51. The van der Waals surface area contributed by atoms with Gasteiger partial charge in [0, 0.05) is 6.42 Å². The highest BCUT2D eigenvalue weighted by molar-refractivity contribution is 6.31. The summed E-state index contributed by atoms with van der Waals surface area (Å²) in [6.07, 6.45) is 6.93. The fourth-order valence-corrected chi connectivity index (χ4v) is 2.82. The van der Waals surface area contributed by atoms with E-state index >= 15 is 0 Å². The molecule has 0 spiro atoms. The summed E-state index contributed by atoms with van der Waals surface area (Å²) >= 11 is 6.23. The van der Waals surface area contributed by atoms with Crippen LogP contribution in [0.2, 0.25) is 0 Å². The van der Waals surface area contributed by atoms with Crippen molar-refractivity contribution in [2.75, 3.05) is 0 Å². The van der Waals surface area contributed by atoms with Crippen LogP contribution in [0.1, 0.15) is 49.5 Å². The second-order valence-corrected chi connectivity index (χ2v) is 5.38. The Morgan fingerprint density at radius 3 is 2.47 bits per heavy atom. The maximum absolute atomic E-state index is 12.1. The lowest BCUT2D eigenvalue weighted by Gasteiger charge is -2.21. The van der Waals surface area contributed by atoms with E-state index < -0.39 is 5.38 Å². The van der Waals surface area contributed by atoms with Crippen molar-refractivity contribution in [3.63, 3.8) is 0 Å². The second kappa shape index (κ2) is 6.20. The third kappa shape index (κ3) is 3.57. The summed E-state index contributed by atoms with van der Waals surface area (Å²) in [7, 11) is 0. The van der Waals surface area contributed by atoms with Crippen LogP contribution in [-0.4, -0.2) is 5.78 Å². The first-order valence-electron chi connectivity index (χ1n) is 6.49. The van der Waals surface area contributed by atoms with E-state index in [4.69, 9.17) is 11.6 Å². The first kappa shape index (κ1) is 12.6. The van der Waals surface area contributed by atoms with E-state index in [-0.39, 0.29) is 5.78 Å². The van der Waals surface area contributed by atoms with Gasteiger partial charge < -0.3 is 0 Å². The number of carbonyl (C=O) groups is 1. The van der Waals surface area contributed by atoms with Gasteiger partial charge in [-0.1, -0.05) is 62.4 Å². The highest BCUT2D eigenvalue weighted by Gasteiger charge is 2.22. The van der Waals surface area contributed by atoms with Gasteiger partial charge in [-0.2, -0.15) is 0 Å². The van der Waals surface area contributed by atoms with Crippen molar-refractivity contribution in [3.8, 4) is 0 Å². The Balaban J connectivity index is 1.91. The van der Waals surface area contributed by atoms with Crippen LogP contribution < -0.4 is 0 Å². The normalized spacial score (nSPS) is 18.9. The third-order valence-corrected chi connectivity index (χ3v) is 4.08. The Morgan fingerprint density at radius 1 is 1.18 bits per heavy atom. The maximum Gasteiger partial charge on any atom is 0.155 e. The quantitative estimate of drug-likeness (QED) is 0.719. The molecule has 1 aromatic rings. The van der Waals surface area contributed by atoms with Crippen LogP contribution in [0, 0.1) is 5.92 Å². The van der Waals surface area contributed by atoms with Gasteiger partial charge in [-0.25, -0.2) is 0 Å². The minimum Gasteiger partial charge on any atom is -0.298 e. The molecule has 92 valence electrons. The number of rotatable bonds is 4. The molecule has 0 radical (unpaired) electrons. The van der Waals surface area contributed by atoms with Crippen LogP contribution in [0.15, 0.2) is 30.3 Å². The van der Waals surface area contributed by atoms with Crippen molar-refractivity contribution in [3.05, 3.63) is 35.9 Å². The number of hydrogen-bond acceptors (Lipinski definition) is 1. The summed E-state index contributed by atoms with van der Waals surface area (Å²) in [5.41, 5.74) is 0.926. The second-order valence-electron chi connectivity index (χ2n) is 4.95. The van der Waals surface area contributed by atoms with Gasteiger partial charge in [0.15, 0.2) is 5.78 Å². The molecule has 1 aromatic carbocycles. The van der Waals surface area contributed by atoms with Crippen LogP contribution in [-0.2, 0) is 4.79 Å². The first-order chi connectivity index (χ1) is 8.27. The molecule has 0 bridgehead atoms. The van der Waals surface area contributed by atoms with Gasteiger partial charge in [-0.3, -0.25) is 4.79 Å². The Labute approximate surface area is 108 Å². The molecule has 2 rings (SSSR count). The zero-order chi connectivity index (χ0) is 12.1. The summed E-state index contributed by atoms with van der Waals surface area (Å²) in [5, 5.41) is -0.460. The molecule has 17 heavy (non-hydrogen) atoms. The third-order valence-electron chi connectivity index (χ3n) is 3.59. The van der Waals surface area contributed by atoms with Crippen molar-refractivity contribution in [2.24, 2.45) is 5.92 Å². The highest BCUT2D eigenvalue weighted by atomic mass is 35.5. The number of carbonyl (C=O) groups excluding carboxylic acids is 1. The van der Waals surface area contributed by atoms with E-state index in [1.165, 1.54) is 32.1 Å². The lowest BCUT2D eigenvalue weighted by Crippen LogP contribution is -2.15. The molecule has 1 saturated carbocycles. The van der Waals surface area contributed by atoms with E-state index in [1.54, 1.807) is 0 Å². The van der Waals surface area contributed by atoms with Crippen molar-refractivity contribution < 1.29 is 4.79 Å². The van der Waals surface area contributed by atoms with E-state index in [2.05, 4.69) is 0 Å². The standard InChI is InChI=1S/C15H19ClO/c16-15(13-9-5-2-6-10-13)14(17)11-12-7-3-1-4-8-12/h2,5-6,9-10,12,15H,1,3-4,7-8,11H2. The number of benzene rings is 1.